The Morgan fingerprint density at radius 3 is 2.11 bits per heavy atom. The fourth-order valence-electron chi connectivity index (χ4n) is 4.94. The van der Waals surface area contributed by atoms with Crippen LogP contribution in [0.3, 0.4) is 0 Å². The van der Waals surface area contributed by atoms with Gasteiger partial charge in [0.25, 0.3) is 0 Å². The molecule has 3 heteroatoms. The van der Waals surface area contributed by atoms with E-state index in [1.54, 1.807) is 0 Å². The lowest BCUT2D eigenvalue weighted by molar-refractivity contribution is -0.131. The number of methoxy groups -OCH3 is 1. The van der Waals surface area contributed by atoms with E-state index < -0.39 is 5.97 Å². The molecule has 4 aliphatic carbocycles. The van der Waals surface area contributed by atoms with Crippen LogP contribution in [0.1, 0.15) is 38.5 Å². The SMILES string of the molecule is COC(/C=C/C12CC3CC(CC(C3)C1)C2)=C/C(=O)O. The van der Waals surface area contributed by atoms with E-state index in [-0.39, 0.29) is 0 Å². The highest BCUT2D eigenvalue weighted by Gasteiger charge is 2.49. The second-order valence-electron chi connectivity index (χ2n) is 6.70. The van der Waals surface area contributed by atoms with Crippen molar-refractivity contribution in [3.8, 4) is 0 Å². The highest BCUT2D eigenvalue weighted by molar-refractivity contribution is 5.80. The Kier molecular flexibility index (Phi) is 3.15. The fourth-order valence-corrected chi connectivity index (χ4v) is 4.94. The molecule has 4 saturated carbocycles. The second kappa shape index (κ2) is 4.69. The van der Waals surface area contributed by atoms with Crippen molar-refractivity contribution >= 4 is 5.97 Å². The number of aliphatic carboxylic acids is 1. The number of rotatable bonds is 4. The molecule has 19 heavy (non-hydrogen) atoms. The Labute approximate surface area is 114 Å². The lowest BCUT2D eigenvalue weighted by atomic mass is 9.49. The molecule has 0 aromatic heterocycles. The summed E-state index contributed by atoms with van der Waals surface area (Å²) < 4.78 is 5.12. The smallest absolute Gasteiger partial charge is 0.332 e. The zero-order valence-corrected chi connectivity index (χ0v) is 11.5. The lowest BCUT2D eigenvalue weighted by Crippen LogP contribution is -2.45. The minimum Gasteiger partial charge on any atom is -0.497 e. The normalized spacial score (nSPS) is 40.9. The van der Waals surface area contributed by atoms with E-state index in [9.17, 15) is 4.79 Å². The van der Waals surface area contributed by atoms with Crippen LogP contribution in [-0.4, -0.2) is 18.2 Å². The summed E-state index contributed by atoms with van der Waals surface area (Å²) in [5, 5.41) is 8.79. The Hall–Kier alpha value is -1.25. The van der Waals surface area contributed by atoms with Gasteiger partial charge in [0.2, 0.25) is 0 Å². The van der Waals surface area contributed by atoms with Gasteiger partial charge in [0.1, 0.15) is 5.76 Å². The Morgan fingerprint density at radius 2 is 1.68 bits per heavy atom. The van der Waals surface area contributed by atoms with E-state index in [4.69, 9.17) is 9.84 Å². The maximum atomic E-state index is 10.7. The van der Waals surface area contributed by atoms with Gasteiger partial charge in [-0.05, 0) is 67.8 Å². The van der Waals surface area contributed by atoms with E-state index in [2.05, 4.69) is 6.08 Å². The molecule has 0 atom stereocenters. The fraction of sp³-hybridized carbons (Fsp3) is 0.688. The molecular weight excluding hydrogens is 240 g/mol. The molecule has 1 N–H and O–H groups in total. The monoisotopic (exact) mass is 262 g/mol. The maximum Gasteiger partial charge on any atom is 0.332 e. The number of ether oxygens (including phenoxy) is 1. The summed E-state index contributed by atoms with van der Waals surface area (Å²) in [7, 11) is 1.53. The summed E-state index contributed by atoms with van der Waals surface area (Å²) >= 11 is 0. The Morgan fingerprint density at radius 1 is 1.16 bits per heavy atom. The summed E-state index contributed by atoms with van der Waals surface area (Å²) in [5.41, 5.74) is 0.324. The number of hydrogen-bond acceptors (Lipinski definition) is 2. The number of allylic oxidation sites excluding steroid dienone is 2. The lowest BCUT2D eigenvalue weighted by Gasteiger charge is -2.55. The third-order valence-corrected chi connectivity index (χ3v) is 5.19. The summed E-state index contributed by atoms with van der Waals surface area (Å²) in [6.07, 6.45) is 13.4. The number of hydrogen-bond donors (Lipinski definition) is 1. The molecule has 0 radical (unpaired) electrons. The molecule has 0 amide bonds. The van der Waals surface area contributed by atoms with E-state index in [0.29, 0.717) is 11.2 Å². The quantitative estimate of drug-likeness (QED) is 0.480. The van der Waals surface area contributed by atoms with Crippen LogP contribution in [0.25, 0.3) is 0 Å². The summed E-state index contributed by atoms with van der Waals surface area (Å²) in [6.45, 7) is 0. The molecule has 0 saturated heterocycles. The highest BCUT2D eigenvalue weighted by atomic mass is 16.5. The minimum absolute atomic E-state index is 0.324. The van der Waals surface area contributed by atoms with Gasteiger partial charge < -0.3 is 9.84 Å². The van der Waals surface area contributed by atoms with Crippen molar-refractivity contribution in [1.29, 1.82) is 0 Å². The molecule has 4 rings (SSSR count). The molecule has 0 unspecified atom stereocenters. The minimum atomic E-state index is -0.952. The van der Waals surface area contributed by atoms with Gasteiger partial charge in [-0.25, -0.2) is 4.79 Å². The summed E-state index contributed by atoms with van der Waals surface area (Å²) in [4.78, 5) is 10.7. The molecule has 4 bridgehead atoms. The van der Waals surface area contributed by atoms with Crippen LogP contribution < -0.4 is 0 Å². The highest BCUT2D eigenvalue weighted by Crippen LogP contribution is 2.60. The van der Waals surface area contributed by atoms with Gasteiger partial charge in [0.05, 0.1) is 13.2 Å². The van der Waals surface area contributed by atoms with Crippen molar-refractivity contribution in [2.24, 2.45) is 23.2 Å². The molecule has 0 aromatic rings. The van der Waals surface area contributed by atoms with E-state index in [1.165, 1.54) is 45.6 Å². The standard InChI is InChI=1S/C16H22O3/c1-19-14(7-15(17)18)2-3-16-8-11-4-12(9-16)6-13(5-11)10-16/h2-3,7,11-13H,4-6,8-10H2,1H3,(H,17,18)/b3-2+,14-7+. The first-order chi connectivity index (χ1) is 9.08. The van der Waals surface area contributed by atoms with Crippen LogP contribution >= 0.6 is 0 Å². The summed E-state index contributed by atoms with van der Waals surface area (Å²) in [5.74, 6) is 2.22. The third kappa shape index (κ3) is 2.56. The van der Waals surface area contributed by atoms with Crippen LogP contribution in [0.5, 0.6) is 0 Å². The van der Waals surface area contributed by atoms with Crippen LogP contribution in [0, 0.1) is 23.2 Å². The van der Waals surface area contributed by atoms with Gasteiger partial charge in [0.15, 0.2) is 0 Å². The first kappa shape index (κ1) is 12.8. The number of carbonyl (C=O) groups is 1. The van der Waals surface area contributed by atoms with Crippen molar-refractivity contribution in [3.63, 3.8) is 0 Å². The average molecular weight is 262 g/mol. The number of carboxylic acid groups (broad SMARTS) is 1. The van der Waals surface area contributed by atoms with Crippen molar-refractivity contribution in [3.05, 3.63) is 24.0 Å². The third-order valence-electron chi connectivity index (χ3n) is 5.19. The molecular formula is C16H22O3. The largest absolute Gasteiger partial charge is 0.497 e. The maximum absolute atomic E-state index is 10.7. The molecule has 0 spiro atoms. The van der Waals surface area contributed by atoms with Gasteiger partial charge in [-0.15, -0.1) is 0 Å². The first-order valence-electron chi connectivity index (χ1n) is 7.26. The second-order valence-corrected chi connectivity index (χ2v) is 6.70. The van der Waals surface area contributed by atoms with Gasteiger partial charge in [-0.1, -0.05) is 6.08 Å². The van der Waals surface area contributed by atoms with Crippen LogP contribution in [0.15, 0.2) is 24.0 Å². The van der Waals surface area contributed by atoms with E-state index in [1.807, 2.05) is 6.08 Å². The first-order valence-corrected chi connectivity index (χ1v) is 7.26. The molecule has 104 valence electrons. The molecule has 0 heterocycles. The van der Waals surface area contributed by atoms with Gasteiger partial charge in [-0.2, -0.15) is 0 Å². The van der Waals surface area contributed by atoms with Crippen LogP contribution in [-0.2, 0) is 9.53 Å². The van der Waals surface area contributed by atoms with Crippen molar-refractivity contribution in [1.82, 2.24) is 0 Å². The van der Waals surface area contributed by atoms with Gasteiger partial charge in [0, 0.05) is 0 Å². The summed E-state index contributed by atoms with van der Waals surface area (Å²) in [6, 6.07) is 0. The molecule has 3 nitrogen and oxygen atoms in total. The molecule has 4 fully saturated rings. The van der Waals surface area contributed by atoms with Crippen molar-refractivity contribution in [2.45, 2.75) is 38.5 Å². The van der Waals surface area contributed by atoms with Gasteiger partial charge in [-0.3, -0.25) is 0 Å². The van der Waals surface area contributed by atoms with Crippen LogP contribution in [0.2, 0.25) is 0 Å². The topological polar surface area (TPSA) is 46.5 Å². The number of carboxylic acids is 1. The predicted molar refractivity (Wildman–Crippen MR) is 72.5 cm³/mol. The molecule has 4 aliphatic rings. The zero-order chi connectivity index (χ0) is 13.5. The van der Waals surface area contributed by atoms with E-state index >= 15 is 0 Å². The molecule has 0 aromatic carbocycles. The van der Waals surface area contributed by atoms with Crippen LogP contribution in [0.4, 0.5) is 0 Å². The van der Waals surface area contributed by atoms with Crippen molar-refractivity contribution in [2.75, 3.05) is 7.11 Å². The Bertz CT molecular complexity index is 398. The zero-order valence-electron chi connectivity index (χ0n) is 11.5. The Balaban J connectivity index is 1.77. The van der Waals surface area contributed by atoms with E-state index in [0.717, 1.165) is 23.8 Å². The average Bonchev–Trinajstić information content (AvgIpc) is 2.32. The van der Waals surface area contributed by atoms with Crippen molar-refractivity contribution < 1.29 is 14.6 Å². The van der Waals surface area contributed by atoms with Gasteiger partial charge >= 0.3 is 5.97 Å². The predicted octanol–water partition coefficient (Wildman–Crippen LogP) is 3.37. The molecule has 0 aliphatic heterocycles.